The molecule has 2 rings (SSSR count). The van der Waals surface area contributed by atoms with E-state index in [-0.39, 0.29) is 17.0 Å². The van der Waals surface area contributed by atoms with Crippen LogP contribution in [0.4, 0.5) is 11.4 Å². The highest BCUT2D eigenvalue weighted by atomic mass is 16.6. The first kappa shape index (κ1) is 14.4. The van der Waals surface area contributed by atoms with Crippen molar-refractivity contribution in [3.63, 3.8) is 0 Å². The molecule has 1 N–H and O–H groups in total. The highest BCUT2D eigenvalue weighted by Gasteiger charge is 2.16. The molecule has 0 bridgehead atoms. The lowest BCUT2D eigenvalue weighted by Crippen LogP contribution is -2.22. The van der Waals surface area contributed by atoms with Gasteiger partial charge in [-0.2, -0.15) is 0 Å². The molecular weight excluding hydrogens is 276 g/mol. The summed E-state index contributed by atoms with van der Waals surface area (Å²) in [6, 6.07) is 6.54. The lowest BCUT2D eigenvalue weighted by Gasteiger charge is -2.06. The highest BCUT2D eigenvalue weighted by molar-refractivity contribution is 6.04. The summed E-state index contributed by atoms with van der Waals surface area (Å²) < 4.78 is 5.25. The van der Waals surface area contributed by atoms with E-state index in [9.17, 15) is 19.7 Å². The maximum absolute atomic E-state index is 12.1. The van der Waals surface area contributed by atoms with E-state index in [1.807, 2.05) is 0 Å². The molecule has 0 aliphatic heterocycles. The minimum absolute atomic E-state index is 0.0842. The van der Waals surface area contributed by atoms with Gasteiger partial charge in [0.2, 0.25) is 0 Å². The fourth-order valence-electron chi connectivity index (χ4n) is 1.88. The molecule has 108 valence electrons. The van der Waals surface area contributed by atoms with Crippen LogP contribution >= 0.6 is 0 Å². The van der Waals surface area contributed by atoms with Crippen molar-refractivity contribution in [1.82, 2.24) is 0 Å². The molecule has 0 unspecified atom stereocenters. The molecule has 0 radical (unpaired) electrons. The molecule has 1 heterocycles. The number of carbonyl (C=O) groups excluding carboxylic acids is 1. The lowest BCUT2D eigenvalue weighted by atomic mass is 10.2. The molecule has 0 aliphatic carbocycles. The third-order valence-corrected chi connectivity index (χ3v) is 2.81. The van der Waals surface area contributed by atoms with E-state index in [2.05, 4.69) is 5.32 Å². The van der Waals surface area contributed by atoms with Crippen LogP contribution in [0, 0.1) is 24.0 Å². The minimum atomic E-state index is -0.616. The molecule has 21 heavy (non-hydrogen) atoms. The fraction of sp³-hybridized carbons (Fsp3) is 0.143. The normalized spacial score (nSPS) is 10.2. The zero-order valence-corrected chi connectivity index (χ0v) is 11.4. The zero-order valence-electron chi connectivity index (χ0n) is 11.4. The predicted molar refractivity (Wildman–Crippen MR) is 75.5 cm³/mol. The summed E-state index contributed by atoms with van der Waals surface area (Å²) in [7, 11) is 0. The molecule has 1 aromatic heterocycles. The second kappa shape index (κ2) is 5.58. The lowest BCUT2D eigenvalue weighted by molar-refractivity contribution is -0.384. The van der Waals surface area contributed by atoms with Crippen molar-refractivity contribution in [2.45, 2.75) is 13.8 Å². The Morgan fingerprint density at radius 3 is 2.38 bits per heavy atom. The van der Waals surface area contributed by atoms with Gasteiger partial charge in [0.1, 0.15) is 17.1 Å². The highest BCUT2D eigenvalue weighted by Crippen LogP contribution is 2.16. The molecule has 1 aromatic carbocycles. The Morgan fingerprint density at radius 1 is 1.24 bits per heavy atom. The molecule has 1 amide bonds. The number of hydrogen-bond acceptors (Lipinski definition) is 5. The summed E-state index contributed by atoms with van der Waals surface area (Å²) >= 11 is 0. The summed E-state index contributed by atoms with van der Waals surface area (Å²) in [6.07, 6.45) is 0. The summed E-state index contributed by atoms with van der Waals surface area (Å²) in [5.74, 6) is 0.0268. The number of nitrogens with one attached hydrogen (secondary N) is 1. The number of nitrogens with zero attached hydrogens (tertiary/aromatic N) is 1. The van der Waals surface area contributed by atoms with Gasteiger partial charge in [-0.15, -0.1) is 0 Å². The number of benzene rings is 1. The van der Waals surface area contributed by atoms with Gasteiger partial charge in [-0.1, -0.05) is 0 Å². The van der Waals surface area contributed by atoms with E-state index in [1.165, 1.54) is 37.3 Å². The minimum Gasteiger partial charge on any atom is -0.466 e. The molecule has 0 spiro atoms. The Morgan fingerprint density at radius 2 is 1.86 bits per heavy atom. The van der Waals surface area contributed by atoms with Gasteiger partial charge in [0.15, 0.2) is 5.43 Å². The van der Waals surface area contributed by atoms with Crippen LogP contribution in [0.3, 0.4) is 0 Å². The number of aryl methyl sites for hydroxylation is 2. The molecule has 0 aliphatic rings. The molecular formula is C14H12N2O5. The predicted octanol–water partition coefficient (Wildman–Crippen LogP) is 2.42. The van der Waals surface area contributed by atoms with Gasteiger partial charge >= 0.3 is 0 Å². The number of nitro groups is 1. The number of rotatable bonds is 3. The summed E-state index contributed by atoms with van der Waals surface area (Å²) in [5.41, 5.74) is -0.251. The maximum Gasteiger partial charge on any atom is 0.269 e. The summed E-state index contributed by atoms with van der Waals surface area (Å²) in [4.78, 5) is 33.9. The van der Waals surface area contributed by atoms with Crippen molar-refractivity contribution in [3.05, 3.63) is 67.8 Å². The zero-order chi connectivity index (χ0) is 15.6. The SMILES string of the molecule is Cc1cc(=O)c(C(=O)Nc2ccc([N+](=O)[O-])cc2)c(C)o1. The van der Waals surface area contributed by atoms with Gasteiger partial charge < -0.3 is 9.73 Å². The van der Waals surface area contributed by atoms with Crippen LogP contribution in [0.1, 0.15) is 21.9 Å². The molecule has 0 saturated heterocycles. The smallest absolute Gasteiger partial charge is 0.269 e. The number of carbonyl (C=O) groups is 1. The topological polar surface area (TPSA) is 102 Å². The van der Waals surface area contributed by atoms with Gasteiger partial charge in [-0.25, -0.2) is 0 Å². The average Bonchev–Trinajstić information content (AvgIpc) is 2.37. The van der Waals surface area contributed by atoms with Crippen molar-refractivity contribution < 1.29 is 14.1 Å². The first-order valence-electron chi connectivity index (χ1n) is 6.05. The van der Waals surface area contributed by atoms with Crippen LogP contribution in [0.25, 0.3) is 0 Å². The largest absolute Gasteiger partial charge is 0.466 e. The molecule has 0 atom stereocenters. The Kier molecular flexibility index (Phi) is 3.84. The Balaban J connectivity index is 2.26. The average molecular weight is 288 g/mol. The molecule has 0 saturated carbocycles. The number of anilines is 1. The van der Waals surface area contributed by atoms with Crippen LogP contribution in [0.15, 0.2) is 39.5 Å². The van der Waals surface area contributed by atoms with Crippen LogP contribution in [-0.4, -0.2) is 10.8 Å². The van der Waals surface area contributed by atoms with Crippen LogP contribution in [0.2, 0.25) is 0 Å². The van der Waals surface area contributed by atoms with Crippen molar-refractivity contribution in [2.75, 3.05) is 5.32 Å². The number of amides is 1. The molecule has 0 fully saturated rings. The van der Waals surface area contributed by atoms with Crippen LogP contribution in [0.5, 0.6) is 0 Å². The first-order chi connectivity index (χ1) is 9.88. The van der Waals surface area contributed by atoms with E-state index >= 15 is 0 Å². The second-order valence-corrected chi connectivity index (χ2v) is 4.41. The summed E-state index contributed by atoms with van der Waals surface area (Å²) in [5, 5.41) is 13.0. The number of hydrogen-bond donors (Lipinski definition) is 1. The summed E-state index contributed by atoms with van der Waals surface area (Å²) in [6.45, 7) is 3.14. The Hall–Kier alpha value is -2.96. The van der Waals surface area contributed by atoms with Gasteiger partial charge in [0.25, 0.3) is 11.6 Å². The van der Waals surface area contributed by atoms with E-state index in [1.54, 1.807) is 6.92 Å². The Labute approximate surface area is 119 Å². The van der Waals surface area contributed by atoms with Crippen LogP contribution < -0.4 is 10.7 Å². The third-order valence-electron chi connectivity index (χ3n) is 2.81. The quantitative estimate of drug-likeness (QED) is 0.690. The van der Waals surface area contributed by atoms with Gasteiger partial charge in [-0.05, 0) is 26.0 Å². The third kappa shape index (κ3) is 3.14. The monoisotopic (exact) mass is 288 g/mol. The number of nitro benzene ring substituents is 1. The number of non-ortho nitro benzene ring substituents is 1. The second-order valence-electron chi connectivity index (χ2n) is 4.41. The fourth-order valence-corrected chi connectivity index (χ4v) is 1.88. The van der Waals surface area contributed by atoms with Crippen LogP contribution in [-0.2, 0) is 0 Å². The molecule has 7 heteroatoms. The van der Waals surface area contributed by atoms with Gasteiger partial charge in [0, 0.05) is 23.9 Å². The van der Waals surface area contributed by atoms with Crippen molar-refractivity contribution >= 4 is 17.3 Å². The molecule has 2 aromatic rings. The standard InChI is InChI=1S/C14H12N2O5/c1-8-7-12(17)13(9(2)21-8)14(18)15-10-3-5-11(6-4-10)16(19)20/h3-7H,1-2H3,(H,15,18). The van der Waals surface area contributed by atoms with Gasteiger partial charge in [0.05, 0.1) is 4.92 Å². The van der Waals surface area contributed by atoms with Crippen molar-refractivity contribution in [2.24, 2.45) is 0 Å². The van der Waals surface area contributed by atoms with E-state index in [0.29, 0.717) is 11.4 Å². The van der Waals surface area contributed by atoms with Crippen molar-refractivity contribution in [3.8, 4) is 0 Å². The van der Waals surface area contributed by atoms with Gasteiger partial charge in [-0.3, -0.25) is 19.7 Å². The first-order valence-corrected chi connectivity index (χ1v) is 6.05. The van der Waals surface area contributed by atoms with E-state index < -0.39 is 16.3 Å². The van der Waals surface area contributed by atoms with E-state index in [4.69, 9.17) is 4.42 Å². The Bertz CT molecular complexity index is 762. The molecule has 7 nitrogen and oxygen atoms in total. The van der Waals surface area contributed by atoms with Crippen molar-refractivity contribution in [1.29, 1.82) is 0 Å². The maximum atomic E-state index is 12.1. The van der Waals surface area contributed by atoms with E-state index in [0.717, 1.165) is 0 Å².